The molecular weight excluding hydrogens is 228 g/mol. The van der Waals surface area contributed by atoms with E-state index in [0.29, 0.717) is 10.7 Å². The fraction of sp³-hybridized carbons (Fsp3) is 0.273. The summed E-state index contributed by atoms with van der Waals surface area (Å²) in [5, 5.41) is 2.98. The first-order chi connectivity index (χ1) is 7.52. The van der Waals surface area contributed by atoms with Gasteiger partial charge in [-0.1, -0.05) is 24.6 Å². The summed E-state index contributed by atoms with van der Waals surface area (Å²) in [5.74, 6) is -1.13. The Morgan fingerprint density at radius 2 is 2.12 bits per heavy atom. The Hall–Kier alpha value is -1.55. The van der Waals surface area contributed by atoms with Gasteiger partial charge in [0.2, 0.25) is 11.8 Å². The molecule has 1 aromatic carbocycles. The van der Waals surface area contributed by atoms with Crippen molar-refractivity contribution in [1.29, 1.82) is 0 Å². The van der Waals surface area contributed by atoms with Crippen LogP contribution in [0.2, 0.25) is 5.02 Å². The number of hydrogen-bond donors (Lipinski definition) is 2. The van der Waals surface area contributed by atoms with Crippen molar-refractivity contribution in [3.63, 3.8) is 0 Å². The van der Waals surface area contributed by atoms with Gasteiger partial charge in [0.1, 0.15) is 6.42 Å². The van der Waals surface area contributed by atoms with Crippen molar-refractivity contribution >= 4 is 29.1 Å². The molecule has 0 saturated carbocycles. The van der Waals surface area contributed by atoms with Crippen molar-refractivity contribution in [1.82, 2.24) is 0 Å². The monoisotopic (exact) mass is 240 g/mol. The van der Waals surface area contributed by atoms with E-state index in [-0.39, 0.29) is 6.42 Å². The van der Waals surface area contributed by atoms with E-state index < -0.39 is 11.8 Å². The normalized spacial score (nSPS) is 9.88. The predicted octanol–water partition coefficient (Wildman–Crippen LogP) is 1.72. The molecule has 0 saturated heterocycles. The smallest absolute Gasteiger partial charge is 0.233 e. The topological polar surface area (TPSA) is 72.2 Å². The summed E-state index contributed by atoms with van der Waals surface area (Å²) in [6.07, 6.45) is 0.529. The maximum absolute atomic E-state index is 11.3. The first-order valence-electron chi connectivity index (χ1n) is 4.89. The Morgan fingerprint density at radius 1 is 1.44 bits per heavy atom. The van der Waals surface area contributed by atoms with Crippen LogP contribution in [0.3, 0.4) is 0 Å². The van der Waals surface area contributed by atoms with Crippen LogP contribution in [-0.4, -0.2) is 11.8 Å². The number of halogens is 1. The number of benzene rings is 1. The fourth-order valence-electron chi connectivity index (χ4n) is 1.23. The van der Waals surface area contributed by atoms with Gasteiger partial charge in [-0.3, -0.25) is 9.59 Å². The number of nitrogens with two attached hydrogens (primary N) is 1. The van der Waals surface area contributed by atoms with Crippen molar-refractivity contribution in [3.8, 4) is 0 Å². The van der Waals surface area contributed by atoms with Gasteiger partial charge in [-0.2, -0.15) is 0 Å². The molecule has 0 aromatic heterocycles. The quantitative estimate of drug-likeness (QED) is 0.787. The average molecular weight is 241 g/mol. The Morgan fingerprint density at radius 3 is 2.62 bits per heavy atom. The van der Waals surface area contributed by atoms with E-state index in [1.165, 1.54) is 0 Å². The first-order valence-corrected chi connectivity index (χ1v) is 5.27. The van der Waals surface area contributed by atoms with Crippen molar-refractivity contribution in [3.05, 3.63) is 28.8 Å². The molecule has 0 bridgehead atoms. The highest BCUT2D eigenvalue weighted by molar-refractivity contribution is 6.33. The van der Waals surface area contributed by atoms with Gasteiger partial charge in [-0.25, -0.2) is 0 Å². The molecule has 0 heterocycles. The third kappa shape index (κ3) is 3.55. The van der Waals surface area contributed by atoms with Gasteiger partial charge in [-0.05, 0) is 24.1 Å². The minimum absolute atomic E-state index is 0.341. The molecule has 0 atom stereocenters. The second-order valence-corrected chi connectivity index (χ2v) is 3.77. The minimum Gasteiger partial charge on any atom is -0.369 e. The van der Waals surface area contributed by atoms with Crippen LogP contribution in [-0.2, 0) is 16.0 Å². The van der Waals surface area contributed by atoms with E-state index in [1.54, 1.807) is 12.1 Å². The lowest BCUT2D eigenvalue weighted by molar-refractivity contribution is -0.124. The molecule has 4 nitrogen and oxygen atoms in total. The van der Waals surface area contributed by atoms with E-state index >= 15 is 0 Å². The number of amides is 2. The van der Waals surface area contributed by atoms with Crippen molar-refractivity contribution in [2.75, 3.05) is 5.32 Å². The largest absolute Gasteiger partial charge is 0.369 e. The zero-order valence-corrected chi connectivity index (χ0v) is 9.67. The van der Waals surface area contributed by atoms with E-state index in [9.17, 15) is 9.59 Å². The highest BCUT2D eigenvalue weighted by atomic mass is 35.5. The van der Waals surface area contributed by atoms with Crippen LogP contribution in [0.1, 0.15) is 18.9 Å². The average Bonchev–Trinajstić information content (AvgIpc) is 2.19. The lowest BCUT2D eigenvalue weighted by atomic mass is 10.1. The Bertz CT molecular complexity index is 418. The Kier molecular flexibility index (Phi) is 4.31. The van der Waals surface area contributed by atoms with Crippen LogP contribution in [0.15, 0.2) is 18.2 Å². The van der Waals surface area contributed by atoms with Gasteiger partial charge in [0.05, 0.1) is 10.7 Å². The summed E-state index contributed by atoms with van der Waals surface area (Å²) in [4.78, 5) is 21.8. The lowest BCUT2D eigenvalue weighted by Crippen LogP contribution is -2.21. The van der Waals surface area contributed by atoms with Gasteiger partial charge >= 0.3 is 0 Å². The summed E-state index contributed by atoms with van der Waals surface area (Å²) in [6, 6.07) is 5.35. The minimum atomic E-state index is -0.668. The summed E-state index contributed by atoms with van der Waals surface area (Å²) in [6.45, 7) is 2.01. The molecule has 0 unspecified atom stereocenters. The summed E-state index contributed by atoms with van der Waals surface area (Å²) in [7, 11) is 0. The lowest BCUT2D eigenvalue weighted by Gasteiger charge is -2.07. The second kappa shape index (κ2) is 5.51. The molecule has 0 aliphatic rings. The van der Waals surface area contributed by atoms with E-state index in [2.05, 4.69) is 5.32 Å². The molecule has 1 aromatic rings. The van der Waals surface area contributed by atoms with E-state index in [0.717, 1.165) is 12.0 Å². The van der Waals surface area contributed by atoms with Crippen LogP contribution < -0.4 is 11.1 Å². The maximum atomic E-state index is 11.3. The van der Waals surface area contributed by atoms with Gasteiger partial charge in [0, 0.05) is 0 Å². The number of hydrogen-bond acceptors (Lipinski definition) is 2. The molecule has 1 rings (SSSR count). The SMILES string of the molecule is CCc1ccc(NC(=O)CC(N)=O)c(Cl)c1. The predicted molar refractivity (Wildman–Crippen MR) is 63.3 cm³/mol. The zero-order valence-electron chi connectivity index (χ0n) is 8.92. The third-order valence-electron chi connectivity index (χ3n) is 2.05. The van der Waals surface area contributed by atoms with Gasteiger partial charge in [-0.15, -0.1) is 0 Å². The van der Waals surface area contributed by atoms with Crippen LogP contribution in [0.25, 0.3) is 0 Å². The van der Waals surface area contributed by atoms with Crippen LogP contribution in [0.5, 0.6) is 0 Å². The zero-order chi connectivity index (χ0) is 12.1. The molecular formula is C11H13ClN2O2. The highest BCUT2D eigenvalue weighted by Gasteiger charge is 2.08. The number of carbonyl (C=O) groups is 2. The third-order valence-corrected chi connectivity index (χ3v) is 2.36. The van der Waals surface area contributed by atoms with E-state index in [4.69, 9.17) is 17.3 Å². The van der Waals surface area contributed by atoms with Crippen LogP contribution >= 0.6 is 11.6 Å². The standard InChI is InChI=1S/C11H13ClN2O2/c1-2-7-3-4-9(8(12)5-7)14-11(16)6-10(13)15/h3-5H,2,6H2,1H3,(H2,13,15)(H,14,16). The highest BCUT2D eigenvalue weighted by Crippen LogP contribution is 2.23. The Labute approximate surface area is 98.8 Å². The molecule has 16 heavy (non-hydrogen) atoms. The number of anilines is 1. The first kappa shape index (κ1) is 12.5. The molecule has 0 fully saturated rings. The van der Waals surface area contributed by atoms with Gasteiger partial charge in [0.15, 0.2) is 0 Å². The Balaban J connectivity index is 2.74. The number of rotatable bonds is 4. The van der Waals surface area contributed by atoms with E-state index in [1.807, 2.05) is 13.0 Å². The summed E-state index contributed by atoms with van der Waals surface area (Å²) in [5.41, 5.74) is 6.47. The number of primary amides is 1. The fourth-order valence-corrected chi connectivity index (χ4v) is 1.48. The number of aryl methyl sites for hydroxylation is 1. The van der Waals surface area contributed by atoms with Crippen molar-refractivity contribution < 1.29 is 9.59 Å². The number of carbonyl (C=O) groups excluding carboxylic acids is 2. The summed E-state index contributed by atoms with van der Waals surface area (Å²) < 4.78 is 0. The summed E-state index contributed by atoms with van der Waals surface area (Å²) >= 11 is 5.96. The molecule has 5 heteroatoms. The maximum Gasteiger partial charge on any atom is 0.233 e. The molecule has 0 spiro atoms. The molecule has 2 amide bonds. The number of nitrogens with one attached hydrogen (secondary N) is 1. The van der Waals surface area contributed by atoms with Crippen molar-refractivity contribution in [2.24, 2.45) is 5.73 Å². The molecule has 0 radical (unpaired) electrons. The van der Waals surface area contributed by atoms with Gasteiger partial charge in [0.25, 0.3) is 0 Å². The van der Waals surface area contributed by atoms with Crippen molar-refractivity contribution in [2.45, 2.75) is 19.8 Å². The molecule has 0 aliphatic heterocycles. The molecule has 0 aliphatic carbocycles. The molecule has 3 N–H and O–H groups in total. The molecule has 86 valence electrons. The second-order valence-electron chi connectivity index (χ2n) is 3.36. The van der Waals surface area contributed by atoms with Gasteiger partial charge < -0.3 is 11.1 Å². The van der Waals surface area contributed by atoms with Crippen LogP contribution in [0.4, 0.5) is 5.69 Å². The van der Waals surface area contributed by atoms with Crippen LogP contribution in [0, 0.1) is 0 Å².